The van der Waals surface area contributed by atoms with E-state index in [1.165, 1.54) is 327 Å². The number of carbonyl (C=O) groups is 1. The van der Waals surface area contributed by atoms with Crippen LogP contribution in [0.2, 0.25) is 0 Å². The van der Waals surface area contributed by atoms with Gasteiger partial charge in [0.15, 0.2) is 18.9 Å². The molecule has 0 aromatic rings. The van der Waals surface area contributed by atoms with E-state index in [-0.39, 0.29) is 18.9 Å². The summed E-state index contributed by atoms with van der Waals surface area (Å²) in [7, 11) is 0. The van der Waals surface area contributed by atoms with Crippen molar-refractivity contribution in [1.29, 1.82) is 0 Å². The second-order valence-electron chi connectivity index (χ2n) is 33.1. The van der Waals surface area contributed by atoms with Gasteiger partial charge in [0, 0.05) is 6.42 Å². The van der Waals surface area contributed by atoms with Crippen molar-refractivity contribution in [2.45, 2.75) is 516 Å². The molecule has 17 atom stereocenters. The lowest BCUT2D eigenvalue weighted by Gasteiger charge is -2.48. The van der Waals surface area contributed by atoms with Crippen molar-refractivity contribution in [3.8, 4) is 0 Å². The highest BCUT2D eigenvalue weighted by atomic mass is 16.8. The number of ether oxygens (including phenoxy) is 6. The maximum Gasteiger partial charge on any atom is 0.220 e. The van der Waals surface area contributed by atoms with Gasteiger partial charge in [-0.25, -0.2) is 0 Å². The molecule has 0 spiro atoms. The van der Waals surface area contributed by atoms with Gasteiger partial charge >= 0.3 is 0 Å². The largest absolute Gasteiger partial charge is 0.394 e. The van der Waals surface area contributed by atoms with Crippen LogP contribution in [0.4, 0.5) is 0 Å². The van der Waals surface area contributed by atoms with Crippen molar-refractivity contribution in [3.05, 3.63) is 24.3 Å². The Morgan fingerprint density at radius 2 is 0.606 bits per heavy atom. The van der Waals surface area contributed by atoms with Gasteiger partial charge in [0.2, 0.25) is 5.91 Å². The summed E-state index contributed by atoms with van der Waals surface area (Å²) in [5.41, 5.74) is 0. The number of carbonyl (C=O) groups excluding carboxylic acids is 1. The van der Waals surface area contributed by atoms with Gasteiger partial charge in [-0.2, -0.15) is 0 Å². The number of hydrogen-bond acceptors (Lipinski definition) is 18. The fourth-order valence-corrected chi connectivity index (χ4v) is 15.9. The molecule has 644 valence electrons. The van der Waals surface area contributed by atoms with Crippen LogP contribution in [0.1, 0.15) is 412 Å². The number of rotatable bonds is 76. The van der Waals surface area contributed by atoms with Crippen LogP contribution in [-0.4, -0.2) is 193 Å². The van der Waals surface area contributed by atoms with Gasteiger partial charge in [-0.15, -0.1) is 0 Å². The molecule has 109 heavy (non-hydrogen) atoms. The van der Waals surface area contributed by atoms with E-state index in [0.29, 0.717) is 12.8 Å². The molecule has 0 saturated carbocycles. The number of allylic oxidation sites excluding steroid dienone is 4. The molecule has 0 aromatic carbocycles. The van der Waals surface area contributed by atoms with Crippen LogP contribution < -0.4 is 5.32 Å². The van der Waals surface area contributed by atoms with E-state index in [2.05, 4.69) is 43.5 Å². The average Bonchev–Trinajstić information content (AvgIpc) is 0.760. The molecule has 3 rings (SSSR count). The van der Waals surface area contributed by atoms with Crippen molar-refractivity contribution in [3.63, 3.8) is 0 Å². The van der Waals surface area contributed by atoms with Crippen molar-refractivity contribution < 1.29 is 89.4 Å². The normalized spacial score (nSPS) is 25.3. The highest BCUT2D eigenvalue weighted by Crippen LogP contribution is 2.34. The van der Waals surface area contributed by atoms with Gasteiger partial charge in [-0.05, 0) is 44.9 Å². The second kappa shape index (κ2) is 70.5. The molecule has 0 aromatic heterocycles. The summed E-state index contributed by atoms with van der Waals surface area (Å²) in [5, 5.41) is 121. The average molecular weight is 1560 g/mol. The summed E-state index contributed by atoms with van der Waals surface area (Å²) in [5.74, 6) is -0.232. The number of unbranched alkanes of at least 4 members (excludes halogenated alkanes) is 56. The van der Waals surface area contributed by atoms with Crippen molar-refractivity contribution in [2.24, 2.45) is 0 Å². The molecule has 3 heterocycles. The first-order valence-corrected chi connectivity index (χ1v) is 46.1. The Balaban J connectivity index is 1.27. The maximum atomic E-state index is 13.5. The van der Waals surface area contributed by atoms with Gasteiger partial charge in [0.1, 0.15) is 73.2 Å². The highest BCUT2D eigenvalue weighted by molar-refractivity contribution is 5.76. The van der Waals surface area contributed by atoms with Gasteiger partial charge in [-0.1, -0.05) is 385 Å². The van der Waals surface area contributed by atoms with E-state index in [9.17, 15) is 61.0 Å². The number of nitrogens with one attached hydrogen (secondary N) is 1. The van der Waals surface area contributed by atoms with Crippen LogP contribution in [0, 0.1) is 0 Å². The zero-order valence-corrected chi connectivity index (χ0v) is 69.6. The second-order valence-corrected chi connectivity index (χ2v) is 33.1. The molecule has 0 bridgehead atoms. The maximum absolute atomic E-state index is 13.5. The molecule has 12 N–H and O–H groups in total. The Morgan fingerprint density at radius 3 is 0.936 bits per heavy atom. The van der Waals surface area contributed by atoms with E-state index in [4.69, 9.17) is 28.4 Å². The first-order valence-electron chi connectivity index (χ1n) is 46.1. The van der Waals surface area contributed by atoms with Gasteiger partial charge in [-0.3, -0.25) is 4.79 Å². The summed E-state index contributed by atoms with van der Waals surface area (Å²) in [6.07, 6.45) is 61.6. The Bertz CT molecular complexity index is 2060. The predicted octanol–water partition coefficient (Wildman–Crippen LogP) is 17.6. The lowest BCUT2D eigenvalue weighted by Crippen LogP contribution is -2.66. The van der Waals surface area contributed by atoms with Crippen molar-refractivity contribution in [1.82, 2.24) is 5.32 Å². The quantitative estimate of drug-likeness (QED) is 0.0199. The SMILES string of the molecule is CCCCCCC/C=C\C/C=C\CCCCCCCCCCCCCCCCCCCCCCCCCCCCCCCC(=O)NC(COC1OC(CO)C(OC2OC(CO)C(OC3OC(CO)C(O)C(O)C3O)C(O)C2O)C(O)C1O)C(O)CCCCCCCCCCCCCCCCCCCCCCCCC. The van der Waals surface area contributed by atoms with E-state index < -0.39 is 124 Å². The minimum atomic E-state index is -1.97. The lowest BCUT2D eigenvalue weighted by atomic mass is 9.96. The fourth-order valence-electron chi connectivity index (χ4n) is 15.9. The minimum Gasteiger partial charge on any atom is -0.394 e. The molecule has 0 radical (unpaired) electrons. The van der Waals surface area contributed by atoms with Crippen LogP contribution in [0.25, 0.3) is 0 Å². The molecule has 17 unspecified atom stereocenters. The highest BCUT2D eigenvalue weighted by Gasteiger charge is 2.54. The van der Waals surface area contributed by atoms with E-state index in [1.807, 2.05) is 0 Å². The summed E-state index contributed by atoms with van der Waals surface area (Å²) < 4.78 is 34.6. The summed E-state index contributed by atoms with van der Waals surface area (Å²) >= 11 is 0. The number of hydrogen-bond donors (Lipinski definition) is 12. The first-order chi connectivity index (χ1) is 53.3. The molecule has 3 saturated heterocycles. The Kier molecular flexibility index (Phi) is 65.6. The third-order valence-electron chi connectivity index (χ3n) is 23.3. The van der Waals surface area contributed by atoms with Crippen molar-refractivity contribution in [2.75, 3.05) is 26.4 Å². The topological polar surface area (TPSA) is 307 Å². The zero-order chi connectivity index (χ0) is 78.8. The molecule has 19 nitrogen and oxygen atoms in total. The van der Waals surface area contributed by atoms with Crippen molar-refractivity contribution >= 4 is 5.91 Å². The molecular formula is C90H171NO18. The fraction of sp³-hybridized carbons (Fsp3) is 0.944. The molecule has 3 aliphatic heterocycles. The van der Waals surface area contributed by atoms with Gasteiger partial charge < -0.3 is 89.9 Å². The third kappa shape index (κ3) is 49.2. The Morgan fingerprint density at radius 1 is 0.330 bits per heavy atom. The van der Waals surface area contributed by atoms with Gasteiger partial charge in [0.25, 0.3) is 0 Å². The van der Waals surface area contributed by atoms with E-state index in [0.717, 1.165) is 51.4 Å². The molecular weight excluding hydrogens is 1380 g/mol. The smallest absolute Gasteiger partial charge is 0.220 e. The number of amides is 1. The van der Waals surface area contributed by atoms with Crippen LogP contribution in [0.15, 0.2) is 24.3 Å². The van der Waals surface area contributed by atoms with Crippen LogP contribution in [0.3, 0.4) is 0 Å². The number of aliphatic hydroxyl groups is 11. The predicted molar refractivity (Wildman–Crippen MR) is 439 cm³/mol. The van der Waals surface area contributed by atoms with E-state index in [1.54, 1.807) is 0 Å². The monoisotopic (exact) mass is 1550 g/mol. The minimum absolute atomic E-state index is 0.232. The Hall–Kier alpha value is -1.73. The lowest BCUT2D eigenvalue weighted by molar-refractivity contribution is -0.379. The number of aliphatic hydroxyl groups excluding tert-OH is 11. The van der Waals surface area contributed by atoms with Gasteiger partial charge in [0.05, 0.1) is 38.6 Å². The summed E-state index contributed by atoms with van der Waals surface area (Å²) in [6, 6.07) is -0.886. The first kappa shape index (κ1) is 101. The molecule has 3 fully saturated rings. The molecule has 1 amide bonds. The van der Waals surface area contributed by atoms with Crippen LogP contribution in [0.5, 0.6) is 0 Å². The molecule has 0 aliphatic carbocycles. The Labute approximate surface area is 664 Å². The van der Waals surface area contributed by atoms with Crippen LogP contribution in [-0.2, 0) is 33.2 Å². The standard InChI is InChI=1S/C90H171NO18/c1-3-5-7-9-11-13-15-17-19-21-23-25-27-28-29-30-31-32-33-34-35-36-37-38-39-40-41-42-43-44-46-48-50-52-54-56-58-60-62-64-66-68-78(96)91-73(74(95)67-65-63-61-59-57-55-53-51-49-47-45-26-24-22-20-18-16-14-12-10-8-6-4-2)72-104-88-84(102)81(99)86(76(70-93)106-88)109-90-85(103)82(100)87(77(71-94)107-90)108-89-83(101)80(98)79(97)75(69-92)105-89/h15,17,21,23,73-77,79-90,92-95,97-103H,3-14,16,18-20,22,24-72H2,1-2H3,(H,91,96)/b17-15-,23-21-. The van der Waals surface area contributed by atoms with E-state index >= 15 is 0 Å². The third-order valence-corrected chi connectivity index (χ3v) is 23.3. The molecule has 19 heteroatoms. The molecule has 3 aliphatic rings. The summed E-state index contributed by atoms with van der Waals surface area (Å²) in [6.45, 7) is 1.86. The summed E-state index contributed by atoms with van der Waals surface area (Å²) in [4.78, 5) is 13.5. The zero-order valence-electron chi connectivity index (χ0n) is 69.6. The van der Waals surface area contributed by atoms with Crippen LogP contribution >= 0.6 is 0 Å².